The van der Waals surface area contributed by atoms with Crippen LogP contribution in [0.5, 0.6) is 0 Å². The Morgan fingerprint density at radius 1 is 1.07 bits per heavy atom. The summed E-state index contributed by atoms with van der Waals surface area (Å²) in [6.07, 6.45) is -1.64. The van der Waals surface area contributed by atoms with Crippen molar-refractivity contribution in [1.82, 2.24) is 0 Å². The first-order valence-corrected chi connectivity index (χ1v) is 11.7. The summed E-state index contributed by atoms with van der Waals surface area (Å²) in [4.78, 5) is 1.74. The van der Waals surface area contributed by atoms with Gasteiger partial charge in [-0.1, -0.05) is 12.1 Å². The number of hydrogen-bond donors (Lipinski definition) is 2. The number of hydrogen-bond acceptors (Lipinski definition) is 5. The highest BCUT2D eigenvalue weighted by Gasteiger charge is 2.32. The lowest BCUT2D eigenvalue weighted by Gasteiger charge is -2.39. The number of nitrogens with zero attached hydrogens (tertiary/aromatic N) is 1. The number of halogens is 1. The lowest BCUT2D eigenvalue weighted by Crippen LogP contribution is -2.51. The van der Waals surface area contributed by atoms with Gasteiger partial charge in [-0.3, -0.25) is 4.72 Å². The van der Waals surface area contributed by atoms with Gasteiger partial charge in [0.15, 0.2) is 6.30 Å². The molecule has 1 fully saturated rings. The lowest BCUT2D eigenvalue weighted by molar-refractivity contribution is -0.0614. The van der Waals surface area contributed by atoms with Gasteiger partial charge in [-0.2, -0.15) is 0 Å². The van der Waals surface area contributed by atoms with Gasteiger partial charge in [-0.05, 0) is 69.7 Å². The molecule has 1 saturated heterocycles. The molecule has 0 spiro atoms. The fraction of sp³-hybridized carbons (Fsp3) is 0.455. The molecule has 0 amide bonds. The van der Waals surface area contributed by atoms with Crippen LogP contribution >= 0.6 is 0 Å². The maximum absolute atomic E-state index is 14.5. The van der Waals surface area contributed by atoms with Crippen LogP contribution in [0.25, 0.3) is 0 Å². The highest BCUT2D eigenvalue weighted by molar-refractivity contribution is 7.93. The standard InChI is InChI=1S/C22H30FN3O3S/c1-15(2)30(27,28)25-20-7-5-18(6-8-20)13-24-19-9-11-21(12-10-19)26-14-16(3)29-17(4)22(26)23/h5-12,15-17,22,24-25H,13-14H2,1-4H3/t16-,17+,22?/m0/s1. The Labute approximate surface area is 178 Å². The van der Waals surface area contributed by atoms with E-state index < -0.39 is 27.7 Å². The SMILES string of the molecule is CC(C)S(=O)(=O)Nc1ccc(CNc2ccc(N3C[C@H](C)O[C@H](C)C3F)cc2)cc1. The number of benzene rings is 2. The van der Waals surface area contributed by atoms with Gasteiger partial charge in [0.05, 0.1) is 11.4 Å². The molecule has 164 valence electrons. The van der Waals surface area contributed by atoms with Gasteiger partial charge in [0, 0.05) is 30.2 Å². The minimum Gasteiger partial charge on any atom is -0.381 e. The number of rotatable bonds is 7. The van der Waals surface area contributed by atoms with Crippen molar-refractivity contribution in [3.63, 3.8) is 0 Å². The molecule has 0 aliphatic carbocycles. The molecule has 3 atom stereocenters. The van der Waals surface area contributed by atoms with E-state index in [1.54, 1.807) is 37.8 Å². The Bertz CT molecular complexity index is 933. The number of sulfonamides is 1. The summed E-state index contributed by atoms with van der Waals surface area (Å²) in [7, 11) is -3.35. The first kappa shape index (κ1) is 22.4. The summed E-state index contributed by atoms with van der Waals surface area (Å²) in [5.41, 5.74) is 3.32. The third kappa shape index (κ3) is 5.43. The number of nitrogens with one attached hydrogen (secondary N) is 2. The molecule has 1 aliphatic heterocycles. The van der Waals surface area contributed by atoms with Crippen molar-refractivity contribution in [2.24, 2.45) is 0 Å². The molecule has 0 bridgehead atoms. The molecule has 3 rings (SSSR count). The van der Waals surface area contributed by atoms with Crippen LogP contribution in [-0.4, -0.2) is 38.7 Å². The molecule has 1 aliphatic rings. The molecule has 1 unspecified atom stereocenters. The zero-order chi connectivity index (χ0) is 21.9. The van der Waals surface area contributed by atoms with Crippen LogP contribution in [0.3, 0.4) is 0 Å². The summed E-state index contributed by atoms with van der Waals surface area (Å²) in [5, 5.41) is 2.84. The first-order valence-electron chi connectivity index (χ1n) is 10.2. The average molecular weight is 436 g/mol. The predicted octanol–water partition coefficient (Wildman–Crippen LogP) is 4.36. The minimum atomic E-state index is -3.35. The van der Waals surface area contributed by atoms with Crippen molar-refractivity contribution < 1.29 is 17.5 Å². The van der Waals surface area contributed by atoms with E-state index in [-0.39, 0.29) is 6.10 Å². The van der Waals surface area contributed by atoms with Crippen LogP contribution in [0.1, 0.15) is 33.3 Å². The normalized spacial score (nSPS) is 22.2. The highest BCUT2D eigenvalue weighted by Crippen LogP contribution is 2.27. The quantitative estimate of drug-likeness (QED) is 0.633. The van der Waals surface area contributed by atoms with E-state index in [9.17, 15) is 12.8 Å². The number of alkyl halides is 1. The van der Waals surface area contributed by atoms with Crippen molar-refractivity contribution in [3.05, 3.63) is 54.1 Å². The van der Waals surface area contributed by atoms with Gasteiger partial charge >= 0.3 is 0 Å². The van der Waals surface area contributed by atoms with Crippen molar-refractivity contribution in [3.8, 4) is 0 Å². The topological polar surface area (TPSA) is 70.7 Å². The summed E-state index contributed by atoms with van der Waals surface area (Å²) in [6.45, 7) is 8.09. The summed E-state index contributed by atoms with van der Waals surface area (Å²) < 4.78 is 46.5. The molecule has 0 radical (unpaired) electrons. The van der Waals surface area contributed by atoms with E-state index in [1.165, 1.54) is 0 Å². The number of anilines is 3. The fourth-order valence-electron chi connectivity index (χ4n) is 3.30. The van der Waals surface area contributed by atoms with Crippen LogP contribution < -0.4 is 14.9 Å². The van der Waals surface area contributed by atoms with Crippen molar-refractivity contribution >= 4 is 27.1 Å². The van der Waals surface area contributed by atoms with Crippen LogP contribution in [-0.2, 0) is 21.3 Å². The van der Waals surface area contributed by atoms with Crippen LogP contribution in [0.15, 0.2) is 48.5 Å². The summed E-state index contributed by atoms with van der Waals surface area (Å²) in [6, 6.07) is 14.9. The molecular formula is C22H30FN3O3S. The van der Waals surface area contributed by atoms with E-state index in [4.69, 9.17) is 4.74 Å². The number of morpholine rings is 1. The van der Waals surface area contributed by atoms with Crippen LogP contribution in [0.4, 0.5) is 21.5 Å². The zero-order valence-corrected chi connectivity index (χ0v) is 18.6. The van der Waals surface area contributed by atoms with Gasteiger partial charge in [0.1, 0.15) is 6.10 Å². The molecule has 2 N–H and O–H groups in total. The van der Waals surface area contributed by atoms with Crippen LogP contribution in [0.2, 0.25) is 0 Å². The molecule has 2 aromatic carbocycles. The van der Waals surface area contributed by atoms with Gasteiger partial charge in [0.25, 0.3) is 0 Å². The van der Waals surface area contributed by atoms with Crippen molar-refractivity contribution in [1.29, 1.82) is 0 Å². The van der Waals surface area contributed by atoms with E-state index in [0.717, 1.165) is 16.9 Å². The maximum atomic E-state index is 14.5. The minimum absolute atomic E-state index is 0.0159. The van der Waals surface area contributed by atoms with E-state index in [1.807, 2.05) is 43.3 Å². The Kier molecular flexibility index (Phi) is 6.88. The Morgan fingerprint density at radius 2 is 1.67 bits per heavy atom. The van der Waals surface area contributed by atoms with Crippen molar-refractivity contribution in [2.75, 3.05) is 21.5 Å². The lowest BCUT2D eigenvalue weighted by atomic mass is 10.1. The highest BCUT2D eigenvalue weighted by atomic mass is 32.2. The molecular weight excluding hydrogens is 405 g/mol. The second kappa shape index (κ2) is 9.22. The number of ether oxygens (including phenoxy) is 1. The predicted molar refractivity (Wildman–Crippen MR) is 120 cm³/mol. The largest absolute Gasteiger partial charge is 0.381 e. The Balaban J connectivity index is 1.57. The molecule has 30 heavy (non-hydrogen) atoms. The van der Waals surface area contributed by atoms with Gasteiger partial charge in [-0.25, -0.2) is 12.8 Å². The van der Waals surface area contributed by atoms with E-state index in [0.29, 0.717) is 18.8 Å². The first-order chi connectivity index (χ1) is 14.2. The Morgan fingerprint density at radius 3 is 2.27 bits per heavy atom. The van der Waals surface area contributed by atoms with E-state index in [2.05, 4.69) is 10.0 Å². The molecule has 0 aromatic heterocycles. The second-order valence-corrected chi connectivity index (χ2v) is 10.2. The third-order valence-corrected chi connectivity index (χ3v) is 6.88. The zero-order valence-electron chi connectivity index (χ0n) is 17.8. The molecule has 0 saturated carbocycles. The fourth-order valence-corrected chi connectivity index (χ4v) is 4.00. The van der Waals surface area contributed by atoms with Crippen molar-refractivity contribution in [2.45, 2.75) is 58.0 Å². The monoisotopic (exact) mass is 435 g/mol. The molecule has 6 nitrogen and oxygen atoms in total. The van der Waals surface area contributed by atoms with E-state index >= 15 is 0 Å². The molecule has 1 heterocycles. The smallest absolute Gasteiger partial charge is 0.235 e. The van der Waals surface area contributed by atoms with Gasteiger partial charge < -0.3 is 15.0 Å². The summed E-state index contributed by atoms with van der Waals surface area (Å²) >= 11 is 0. The van der Waals surface area contributed by atoms with Gasteiger partial charge in [-0.15, -0.1) is 0 Å². The Hall–Kier alpha value is -2.32. The maximum Gasteiger partial charge on any atom is 0.235 e. The second-order valence-electron chi connectivity index (χ2n) is 7.97. The molecule has 8 heteroatoms. The average Bonchev–Trinajstić information content (AvgIpc) is 2.70. The molecule has 2 aromatic rings. The van der Waals surface area contributed by atoms with Gasteiger partial charge in [0.2, 0.25) is 10.0 Å². The van der Waals surface area contributed by atoms with Crippen LogP contribution in [0, 0.1) is 0 Å². The summed E-state index contributed by atoms with van der Waals surface area (Å²) in [5.74, 6) is 0. The third-order valence-electron chi connectivity index (χ3n) is 5.12.